The highest BCUT2D eigenvalue weighted by Gasteiger charge is 2.31. The Morgan fingerprint density at radius 3 is 2.36 bits per heavy atom. The molecule has 0 amide bonds. The van der Waals surface area contributed by atoms with Crippen molar-refractivity contribution in [3.05, 3.63) is 66.5 Å². The monoisotopic (exact) mass is 411 g/mol. The number of sulfonamides is 1. The average Bonchev–Trinajstić information content (AvgIpc) is 3.20. The fourth-order valence-corrected chi connectivity index (χ4v) is 3.42. The first kappa shape index (κ1) is 19.8. The van der Waals surface area contributed by atoms with Crippen molar-refractivity contribution in [3.8, 4) is 5.82 Å². The number of rotatable bonds is 7. The Hall–Kier alpha value is -2.92. The second-order valence-electron chi connectivity index (χ2n) is 5.72. The molecule has 28 heavy (non-hydrogen) atoms. The summed E-state index contributed by atoms with van der Waals surface area (Å²) in [5, 5.41) is 10.9. The Morgan fingerprint density at radius 2 is 1.71 bits per heavy atom. The molecule has 1 aromatic carbocycles. The van der Waals surface area contributed by atoms with Crippen molar-refractivity contribution in [3.63, 3.8) is 0 Å². The lowest BCUT2D eigenvalue weighted by Gasteiger charge is -2.11. The summed E-state index contributed by atoms with van der Waals surface area (Å²) in [6.07, 6.45) is -0.974. The van der Waals surface area contributed by atoms with Gasteiger partial charge in [0.15, 0.2) is 5.82 Å². The van der Waals surface area contributed by atoms with Gasteiger partial charge in [-0.2, -0.15) is 13.2 Å². The third-order valence-corrected chi connectivity index (χ3v) is 5.17. The number of aromatic nitrogens is 3. The lowest BCUT2D eigenvalue weighted by molar-refractivity contribution is -0.137. The molecule has 11 heteroatoms. The van der Waals surface area contributed by atoms with E-state index in [0.29, 0.717) is 17.7 Å². The molecular weight excluding hydrogens is 395 g/mol. The Balaban J connectivity index is 1.54. The molecule has 0 aliphatic rings. The second-order valence-corrected chi connectivity index (χ2v) is 7.48. The molecule has 2 N–H and O–H groups in total. The summed E-state index contributed by atoms with van der Waals surface area (Å²) in [5.74, 6) is 1.06. The number of anilines is 1. The van der Waals surface area contributed by atoms with Crippen LogP contribution in [0.3, 0.4) is 0 Å². The number of nitrogens with zero attached hydrogens (tertiary/aromatic N) is 3. The molecule has 3 rings (SSSR count). The first-order valence-corrected chi connectivity index (χ1v) is 9.62. The van der Waals surface area contributed by atoms with Crippen LogP contribution in [0, 0.1) is 0 Å². The van der Waals surface area contributed by atoms with Gasteiger partial charge in [-0.15, -0.1) is 10.2 Å². The minimum atomic E-state index is -4.61. The molecule has 0 saturated heterocycles. The van der Waals surface area contributed by atoms with Crippen molar-refractivity contribution in [1.82, 2.24) is 19.5 Å². The predicted molar refractivity (Wildman–Crippen MR) is 96.5 cm³/mol. The van der Waals surface area contributed by atoms with Crippen molar-refractivity contribution in [2.24, 2.45) is 0 Å². The molecule has 2 aromatic heterocycles. The number of hydrogen-bond donors (Lipinski definition) is 2. The van der Waals surface area contributed by atoms with Gasteiger partial charge < -0.3 is 9.88 Å². The lowest BCUT2D eigenvalue weighted by atomic mass is 10.2. The molecule has 0 bridgehead atoms. The number of alkyl halides is 3. The predicted octanol–water partition coefficient (Wildman–Crippen LogP) is 2.68. The third-order valence-electron chi connectivity index (χ3n) is 3.71. The standard InChI is InChI=1S/C17H16F3N5O2S/c18-17(19,20)13-4-3-5-14(12-13)28(26,27)22-9-8-21-15-6-7-16(24-23-15)25-10-1-2-11-25/h1-7,10-12,22H,8-9H2,(H,21,23). The molecule has 3 aromatic rings. The van der Waals surface area contributed by atoms with E-state index in [1.807, 2.05) is 24.5 Å². The van der Waals surface area contributed by atoms with Crippen LogP contribution in [0.15, 0.2) is 65.8 Å². The van der Waals surface area contributed by atoms with E-state index in [0.717, 1.165) is 18.2 Å². The summed E-state index contributed by atoms with van der Waals surface area (Å²) in [4.78, 5) is -0.446. The largest absolute Gasteiger partial charge is 0.416 e. The molecule has 0 aliphatic heterocycles. The smallest absolute Gasteiger partial charge is 0.367 e. The zero-order valence-electron chi connectivity index (χ0n) is 14.4. The van der Waals surface area contributed by atoms with Crippen LogP contribution >= 0.6 is 0 Å². The van der Waals surface area contributed by atoms with Crippen LogP contribution in [-0.4, -0.2) is 36.3 Å². The van der Waals surface area contributed by atoms with E-state index in [1.54, 1.807) is 16.7 Å². The van der Waals surface area contributed by atoms with E-state index in [4.69, 9.17) is 0 Å². The highest BCUT2D eigenvalue weighted by molar-refractivity contribution is 7.89. The third kappa shape index (κ3) is 4.87. The van der Waals surface area contributed by atoms with E-state index in [2.05, 4.69) is 20.2 Å². The fraction of sp³-hybridized carbons (Fsp3) is 0.176. The van der Waals surface area contributed by atoms with E-state index in [9.17, 15) is 21.6 Å². The van der Waals surface area contributed by atoms with Gasteiger partial charge in [-0.1, -0.05) is 6.07 Å². The van der Waals surface area contributed by atoms with Gasteiger partial charge in [0.05, 0.1) is 10.5 Å². The topological polar surface area (TPSA) is 88.9 Å². The average molecular weight is 411 g/mol. The lowest BCUT2D eigenvalue weighted by Crippen LogP contribution is -2.29. The van der Waals surface area contributed by atoms with Crippen LogP contribution < -0.4 is 10.0 Å². The van der Waals surface area contributed by atoms with Crippen LogP contribution in [0.5, 0.6) is 0 Å². The van der Waals surface area contributed by atoms with Gasteiger partial charge in [0.25, 0.3) is 0 Å². The molecule has 0 atom stereocenters. The summed E-state index contributed by atoms with van der Waals surface area (Å²) in [6, 6.07) is 10.7. The number of benzene rings is 1. The molecule has 0 saturated carbocycles. The molecule has 0 fully saturated rings. The fourth-order valence-electron chi connectivity index (χ4n) is 2.34. The maximum absolute atomic E-state index is 12.7. The summed E-state index contributed by atoms with van der Waals surface area (Å²) in [5.41, 5.74) is -1.02. The summed E-state index contributed by atoms with van der Waals surface area (Å²) >= 11 is 0. The number of halogens is 3. The molecular formula is C17H16F3N5O2S. The van der Waals surface area contributed by atoms with Crippen molar-refractivity contribution in [1.29, 1.82) is 0 Å². The van der Waals surface area contributed by atoms with E-state index in [1.165, 1.54) is 0 Å². The molecule has 148 valence electrons. The van der Waals surface area contributed by atoms with Crippen LogP contribution in [-0.2, 0) is 16.2 Å². The van der Waals surface area contributed by atoms with Gasteiger partial charge in [0.2, 0.25) is 10.0 Å². The Kier molecular flexibility index (Phi) is 5.66. The van der Waals surface area contributed by atoms with E-state index < -0.39 is 26.7 Å². The summed E-state index contributed by atoms with van der Waals surface area (Å²) in [6.45, 7) is 0.134. The van der Waals surface area contributed by atoms with E-state index >= 15 is 0 Å². The van der Waals surface area contributed by atoms with Crippen LogP contribution in [0.1, 0.15) is 5.56 Å². The van der Waals surface area contributed by atoms with Gasteiger partial charge in [-0.05, 0) is 42.5 Å². The quantitative estimate of drug-likeness (QED) is 0.584. The van der Waals surface area contributed by atoms with Gasteiger partial charge in [0, 0.05) is 25.5 Å². The van der Waals surface area contributed by atoms with Crippen molar-refractivity contribution in [2.45, 2.75) is 11.1 Å². The minimum absolute atomic E-state index is 0.0421. The second kappa shape index (κ2) is 7.98. The molecule has 0 unspecified atom stereocenters. The molecule has 7 nitrogen and oxygen atoms in total. The minimum Gasteiger partial charge on any atom is -0.367 e. The SMILES string of the molecule is O=S(=O)(NCCNc1ccc(-n2cccc2)nn1)c1cccc(C(F)(F)F)c1. The Morgan fingerprint density at radius 1 is 0.964 bits per heavy atom. The maximum Gasteiger partial charge on any atom is 0.416 e. The van der Waals surface area contributed by atoms with Crippen LogP contribution in [0.25, 0.3) is 5.82 Å². The zero-order chi connectivity index (χ0) is 20.2. The maximum atomic E-state index is 12.7. The first-order valence-electron chi connectivity index (χ1n) is 8.13. The molecule has 0 radical (unpaired) electrons. The number of nitrogens with one attached hydrogen (secondary N) is 2. The highest BCUT2D eigenvalue weighted by Crippen LogP contribution is 2.30. The van der Waals surface area contributed by atoms with Gasteiger partial charge in [-0.25, -0.2) is 13.1 Å². The van der Waals surface area contributed by atoms with Crippen LogP contribution in [0.2, 0.25) is 0 Å². The molecule has 2 heterocycles. The normalized spacial score (nSPS) is 12.1. The van der Waals surface area contributed by atoms with E-state index in [-0.39, 0.29) is 13.1 Å². The van der Waals surface area contributed by atoms with Gasteiger partial charge >= 0.3 is 6.18 Å². The Bertz CT molecular complexity index is 1020. The van der Waals surface area contributed by atoms with Crippen molar-refractivity contribution < 1.29 is 21.6 Å². The first-order chi connectivity index (χ1) is 13.3. The molecule has 0 spiro atoms. The van der Waals surface area contributed by atoms with Gasteiger partial charge in [-0.3, -0.25) is 0 Å². The zero-order valence-corrected chi connectivity index (χ0v) is 15.2. The van der Waals surface area contributed by atoms with Gasteiger partial charge in [0.1, 0.15) is 5.82 Å². The van der Waals surface area contributed by atoms with Crippen molar-refractivity contribution in [2.75, 3.05) is 18.4 Å². The highest BCUT2D eigenvalue weighted by atomic mass is 32.2. The number of hydrogen-bond acceptors (Lipinski definition) is 5. The molecule has 0 aliphatic carbocycles. The van der Waals surface area contributed by atoms with Crippen molar-refractivity contribution >= 4 is 15.8 Å². The summed E-state index contributed by atoms with van der Waals surface area (Å²) in [7, 11) is -4.06. The Labute approximate surface area is 159 Å². The summed E-state index contributed by atoms with van der Waals surface area (Å²) < 4.78 is 66.5. The van der Waals surface area contributed by atoms with Crippen LogP contribution in [0.4, 0.5) is 19.0 Å².